The summed E-state index contributed by atoms with van der Waals surface area (Å²) >= 11 is 0. The minimum atomic E-state index is -0.528. The van der Waals surface area contributed by atoms with E-state index in [1.54, 1.807) is 6.07 Å². The van der Waals surface area contributed by atoms with Gasteiger partial charge in [-0.3, -0.25) is 19.7 Å². The Kier molecular flexibility index (Phi) is 2.97. The number of nitrogens with one attached hydrogen (secondary N) is 1. The van der Waals surface area contributed by atoms with Gasteiger partial charge in [-0.1, -0.05) is 0 Å². The number of hydrogen-bond acceptors (Lipinski definition) is 4. The zero-order chi connectivity index (χ0) is 13.3. The molecule has 1 aromatic rings. The number of rotatable bonds is 1. The Morgan fingerprint density at radius 1 is 1.44 bits per heavy atom. The minimum absolute atomic E-state index is 0.0438. The summed E-state index contributed by atoms with van der Waals surface area (Å²) in [6.45, 7) is 1.60. The van der Waals surface area contributed by atoms with Crippen LogP contribution in [0.2, 0.25) is 0 Å². The fourth-order valence-electron chi connectivity index (χ4n) is 1.78. The number of nitro benzene ring substituents is 1. The van der Waals surface area contributed by atoms with E-state index in [2.05, 4.69) is 5.32 Å². The van der Waals surface area contributed by atoms with Gasteiger partial charge in [0.15, 0.2) is 0 Å². The van der Waals surface area contributed by atoms with Crippen molar-refractivity contribution in [3.05, 3.63) is 33.9 Å². The van der Waals surface area contributed by atoms with Crippen molar-refractivity contribution in [3.63, 3.8) is 0 Å². The van der Waals surface area contributed by atoms with E-state index in [0.717, 1.165) is 0 Å². The number of anilines is 1. The lowest BCUT2D eigenvalue weighted by atomic mass is 10.1. The van der Waals surface area contributed by atoms with Crippen LogP contribution in [0.15, 0.2) is 18.2 Å². The van der Waals surface area contributed by atoms with E-state index in [1.807, 2.05) is 0 Å². The molecular formula is C11H11N3O4. The van der Waals surface area contributed by atoms with Crippen LogP contribution >= 0.6 is 0 Å². The van der Waals surface area contributed by atoms with Crippen LogP contribution in [0, 0.1) is 10.1 Å². The van der Waals surface area contributed by atoms with Gasteiger partial charge in [-0.15, -0.1) is 0 Å². The number of benzene rings is 1. The van der Waals surface area contributed by atoms with Crippen molar-refractivity contribution < 1.29 is 14.5 Å². The predicted octanol–water partition coefficient (Wildman–Crippen LogP) is 0.895. The Bertz CT molecular complexity index is 541. The molecule has 0 bridgehead atoms. The van der Waals surface area contributed by atoms with Crippen molar-refractivity contribution in [1.29, 1.82) is 0 Å². The first-order chi connectivity index (χ1) is 8.47. The lowest BCUT2D eigenvalue weighted by Crippen LogP contribution is -2.33. The number of carbonyl (C=O) groups is 2. The van der Waals surface area contributed by atoms with Gasteiger partial charge in [-0.2, -0.15) is 0 Å². The zero-order valence-electron chi connectivity index (χ0n) is 9.67. The van der Waals surface area contributed by atoms with Crippen LogP contribution in [0.25, 0.3) is 0 Å². The lowest BCUT2D eigenvalue weighted by molar-refractivity contribution is -0.384. The SMILES string of the molecule is CC(=O)N1CC(=O)Nc2cc([N+](=O)[O-])ccc2C1. The summed E-state index contributed by atoms with van der Waals surface area (Å²) in [7, 11) is 0. The Morgan fingerprint density at radius 2 is 2.17 bits per heavy atom. The van der Waals surface area contributed by atoms with E-state index in [4.69, 9.17) is 0 Å². The molecule has 7 heteroatoms. The van der Waals surface area contributed by atoms with Crippen LogP contribution in [-0.4, -0.2) is 28.2 Å². The molecule has 0 radical (unpaired) electrons. The first kappa shape index (κ1) is 12.0. The summed E-state index contributed by atoms with van der Waals surface area (Å²) in [5.41, 5.74) is 0.977. The fraction of sp³-hybridized carbons (Fsp3) is 0.273. The predicted molar refractivity (Wildman–Crippen MR) is 62.8 cm³/mol. The molecule has 0 fully saturated rings. The Morgan fingerprint density at radius 3 is 2.78 bits per heavy atom. The third-order valence-electron chi connectivity index (χ3n) is 2.72. The molecule has 1 aromatic carbocycles. The maximum absolute atomic E-state index is 11.6. The third kappa shape index (κ3) is 2.29. The molecule has 0 aromatic heterocycles. The van der Waals surface area contributed by atoms with Gasteiger partial charge < -0.3 is 10.2 Å². The number of nitro groups is 1. The first-order valence-electron chi connectivity index (χ1n) is 5.30. The van der Waals surface area contributed by atoms with E-state index in [1.165, 1.54) is 24.0 Å². The average molecular weight is 249 g/mol. The summed E-state index contributed by atoms with van der Waals surface area (Å²) in [6, 6.07) is 4.21. The molecule has 1 N–H and O–H groups in total. The highest BCUT2D eigenvalue weighted by molar-refractivity contribution is 5.96. The molecule has 2 amide bonds. The molecular weight excluding hydrogens is 238 g/mol. The quantitative estimate of drug-likeness (QED) is 0.591. The van der Waals surface area contributed by atoms with Gasteiger partial charge in [0.25, 0.3) is 5.69 Å². The topological polar surface area (TPSA) is 92.6 Å². The van der Waals surface area contributed by atoms with E-state index in [9.17, 15) is 19.7 Å². The molecule has 1 aliphatic heterocycles. The normalized spacial score (nSPS) is 14.5. The summed E-state index contributed by atoms with van der Waals surface area (Å²) in [5, 5.41) is 13.2. The van der Waals surface area contributed by atoms with E-state index in [-0.39, 0.29) is 30.6 Å². The van der Waals surface area contributed by atoms with Crippen molar-refractivity contribution in [2.75, 3.05) is 11.9 Å². The number of nitrogens with zero attached hydrogens (tertiary/aromatic N) is 2. The number of hydrogen-bond donors (Lipinski definition) is 1. The second-order valence-corrected chi connectivity index (χ2v) is 4.02. The number of carbonyl (C=O) groups excluding carboxylic acids is 2. The van der Waals surface area contributed by atoms with Gasteiger partial charge in [0.05, 0.1) is 10.6 Å². The molecule has 0 atom stereocenters. The summed E-state index contributed by atoms with van der Waals surface area (Å²) < 4.78 is 0. The summed E-state index contributed by atoms with van der Waals surface area (Å²) in [6.07, 6.45) is 0. The van der Waals surface area contributed by atoms with Gasteiger partial charge in [0.2, 0.25) is 11.8 Å². The standard InChI is InChI=1S/C11H11N3O4/c1-7(15)13-5-8-2-3-9(14(17)18)4-10(8)12-11(16)6-13/h2-4H,5-6H2,1H3,(H,12,16). The molecule has 1 heterocycles. The van der Waals surface area contributed by atoms with Crippen LogP contribution in [0.1, 0.15) is 12.5 Å². The molecule has 94 valence electrons. The molecule has 1 aliphatic rings. The van der Waals surface area contributed by atoms with Gasteiger partial charge in [-0.25, -0.2) is 0 Å². The average Bonchev–Trinajstić information content (AvgIpc) is 2.45. The number of amides is 2. The number of fused-ring (bicyclic) bond motifs is 1. The van der Waals surface area contributed by atoms with Gasteiger partial charge in [-0.05, 0) is 11.6 Å². The van der Waals surface area contributed by atoms with Crippen LogP contribution in [0.4, 0.5) is 11.4 Å². The van der Waals surface area contributed by atoms with E-state index >= 15 is 0 Å². The van der Waals surface area contributed by atoms with E-state index in [0.29, 0.717) is 11.3 Å². The van der Waals surface area contributed by atoms with Crippen LogP contribution in [-0.2, 0) is 16.1 Å². The summed E-state index contributed by atoms with van der Waals surface area (Å²) in [4.78, 5) is 34.4. The van der Waals surface area contributed by atoms with Gasteiger partial charge >= 0.3 is 0 Å². The van der Waals surface area contributed by atoms with Gasteiger partial charge in [0, 0.05) is 25.6 Å². The molecule has 0 aliphatic carbocycles. The Balaban J connectivity index is 2.40. The minimum Gasteiger partial charge on any atom is -0.329 e. The van der Waals surface area contributed by atoms with Crippen molar-refractivity contribution in [2.24, 2.45) is 0 Å². The molecule has 7 nitrogen and oxygen atoms in total. The molecule has 0 unspecified atom stereocenters. The highest BCUT2D eigenvalue weighted by Gasteiger charge is 2.22. The van der Waals surface area contributed by atoms with Crippen LogP contribution in [0.3, 0.4) is 0 Å². The van der Waals surface area contributed by atoms with E-state index < -0.39 is 4.92 Å². The maximum Gasteiger partial charge on any atom is 0.271 e. The highest BCUT2D eigenvalue weighted by atomic mass is 16.6. The monoisotopic (exact) mass is 249 g/mol. The first-order valence-corrected chi connectivity index (χ1v) is 5.30. The summed E-state index contributed by atoms with van der Waals surface area (Å²) in [5.74, 6) is -0.569. The number of non-ortho nitro benzene ring substituents is 1. The molecule has 0 saturated heterocycles. The second-order valence-electron chi connectivity index (χ2n) is 4.02. The second kappa shape index (κ2) is 4.44. The van der Waals surface area contributed by atoms with Crippen LogP contribution < -0.4 is 5.32 Å². The van der Waals surface area contributed by atoms with Crippen molar-refractivity contribution in [2.45, 2.75) is 13.5 Å². The van der Waals surface area contributed by atoms with Crippen molar-refractivity contribution >= 4 is 23.2 Å². The third-order valence-corrected chi connectivity index (χ3v) is 2.72. The maximum atomic E-state index is 11.6. The lowest BCUT2D eigenvalue weighted by Gasteiger charge is -2.16. The highest BCUT2D eigenvalue weighted by Crippen LogP contribution is 2.25. The molecule has 0 saturated carbocycles. The largest absolute Gasteiger partial charge is 0.329 e. The molecule has 18 heavy (non-hydrogen) atoms. The molecule has 0 spiro atoms. The van der Waals surface area contributed by atoms with Crippen molar-refractivity contribution in [1.82, 2.24) is 4.90 Å². The smallest absolute Gasteiger partial charge is 0.271 e. The zero-order valence-corrected chi connectivity index (χ0v) is 9.67. The van der Waals surface area contributed by atoms with Crippen molar-refractivity contribution in [3.8, 4) is 0 Å². The Hall–Kier alpha value is -2.44. The van der Waals surface area contributed by atoms with Crippen LogP contribution in [0.5, 0.6) is 0 Å². The van der Waals surface area contributed by atoms with Gasteiger partial charge in [0.1, 0.15) is 6.54 Å². The Labute approximate surface area is 103 Å². The fourth-order valence-corrected chi connectivity index (χ4v) is 1.78. The molecule has 2 rings (SSSR count).